The van der Waals surface area contributed by atoms with Crippen molar-refractivity contribution in [1.29, 1.82) is 5.26 Å². The van der Waals surface area contributed by atoms with E-state index in [0.717, 1.165) is 32.4 Å². The van der Waals surface area contributed by atoms with Crippen molar-refractivity contribution in [2.75, 3.05) is 13.1 Å². The minimum Gasteiger partial charge on any atom is -0.353 e. The SMILES string of the molecule is CCC(C#N)N1CCC2NC(=O)CCC2C1. The first-order valence-electron chi connectivity index (χ1n) is 6.17. The maximum absolute atomic E-state index is 11.3. The molecular formula is C12H19N3O. The van der Waals surface area contributed by atoms with E-state index in [0.29, 0.717) is 18.4 Å². The van der Waals surface area contributed by atoms with Crippen molar-refractivity contribution in [2.24, 2.45) is 5.92 Å². The molecule has 16 heavy (non-hydrogen) atoms. The van der Waals surface area contributed by atoms with Crippen LogP contribution in [0.3, 0.4) is 0 Å². The molecule has 2 aliphatic heterocycles. The molecule has 0 radical (unpaired) electrons. The Balaban J connectivity index is 1.96. The third-order valence-corrected chi connectivity index (χ3v) is 3.83. The number of fused-ring (bicyclic) bond motifs is 1. The summed E-state index contributed by atoms with van der Waals surface area (Å²) in [5.41, 5.74) is 0. The molecule has 0 aromatic heterocycles. The van der Waals surface area contributed by atoms with Gasteiger partial charge in [-0.3, -0.25) is 9.69 Å². The first-order valence-corrected chi connectivity index (χ1v) is 6.17. The highest BCUT2D eigenvalue weighted by Gasteiger charge is 2.35. The van der Waals surface area contributed by atoms with E-state index < -0.39 is 0 Å². The van der Waals surface area contributed by atoms with E-state index in [4.69, 9.17) is 5.26 Å². The second kappa shape index (κ2) is 4.84. The highest BCUT2D eigenvalue weighted by molar-refractivity contribution is 5.77. The van der Waals surface area contributed by atoms with Gasteiger partial charge in [0.25, 0.3) is 0 Å². The zero-order valence-corrected chi connectivity index (χ0v) is 9.78. The van der Waals surface area contributed by atoms with Gasteiger partial charge in [0, 0.05) is 25.6 Å². The zero-order valence-electron chi connectivity index (χ0n) is 9.78. The van der Waals surface area contributed by atoms with E-state index in [2.05, 4.69) is 23.2 Å². The molecule has 2 rings (SSSR count). The summed E-state index contributed by atoms with van der Waals surface area (Å²) in [5, 5.41) is 12.1. The maximum atomic E-state index is 11.3. The smallest absolute Gasteiger partial charge is 0.220 e. The van der Waals surface area contributed by atoms with Gasteiger partial charge in [0.2, 0.25) is 5.91 Å². The first kappa shape index (κ1) is 11.4. The topological polar surface area (TPSA) is 56.1 Å². The third kappa shape index (κ3) is 2.19. The molecule has 0 spiro atoms. The zero-order chi connectivity index (χ0) is 11.5. The minimum absolute atomic E-state index is 0.0542. The molecule has 2 saturated heterocycles. The van der Waals surface area contributed by atoms with E-state index >= 15 is 0 Å². The average Bonchev–Trinajstić information content (AvgIpc) is 2.31. The van der Waals surface area contributed by atoms with Gasteiger partial charge < -0.3 is 5.32 Å². The van der Waals surface area contributed by atoms with Crippen LogP contribution in [0.15, 0.2) is 0 Å². The Morgan fingerprint density at radius 3 is 3.12 bits per heavy atom. The Morgan fingerprint density at radius 2 is 2.44 bits per heavy atom. The molecule has 2 fully saturated rings. The number of hydrogen-bond donors (Lipinski definition) is 1. The number of carbonyl (C=O) groups is 1. The van der Waals surface area contributed by atoms with Gasteiger partial charge in [0.05, 0.1) is 12.1 Å². The fourth-order valence-electron chi connectivity index (χ4n) is 2.85. The first-order chi connectivity index (χ1) is 7.74. The second-order valence-corrected chi connectivity index (χ2v) is 4.81. The Hall–Kier alpha value is -1.08. The van der Waals surface area contributed by atoms with Crippen molar-refractivity contribution in [3.63, 3.8) is 0 Å². The van der Waals surface area contributed by atoms with Crippen LogP contribution in [0.1, 0.15) is 32.6 Å². The lowest BCUT2D eigenvalue weighted by molar-refractivity contribution is -0.125. The predicted octanol–water partition coefficient (Wildman–Crippen LogP) is 0.889. The summed E-state index contributed by atoms with van der Waals surface area (Å²) in [5.74, 6) is 0.746. The Labute approximate surface area is 96.6 Å². The number of amides is 1. The molecule has 4 heteroatoms. The van der Waals surface area contributed by atoms with E-state index in [9.17, 15) is 4.79 Å². The molecule has 0 aromatic carbocycles. The van der Waals surface area contributed by atoms with Crippen molar-refractivity contribution in [2.45, 2.75) is 44.7 Å². The molecule has 4 nitrogen and oxygen atoms in total. The Kier molecular flexibility index (Phi) is 3.45. The standard InChI is InChI=1S/C12H19N3O/c1-2-10(7-13)15-6-5-11-9(8-15)3-4-12(16)14-11/h9-11H,2-6,8H2,1H3,(H,14,16). The lowest BCUT2D eigenvalue weighted by Gasteiger charge is -2.42. The lowest BCUT2D eigenvalue weighted by atomic mass is 9.84. The van der Waals surface area contributed by atoms with E-state index in [-0.39, 0.29) is 11.9 Å². The number of nitrogens with one attached hydrogen (secondary N) is 1. The molecule has 3 unspecified atom stereocenters. The van der Waals surface area contributed by atoms with Crippen molar-refractivity contribution in [3.8, 4) is 6.07 Å². The summed E-state index contributed by atoms with van der Waals surface area (Å²) in [7, 11) is 0. The van der Waals surface area contributed by atoms with Gasteiger partial charge in [0.1, 0.15) is 0 Å². The fourth-order valence-corrected chi connectivity index (χ4v) is 2.85. The molecule has 0 saturated carbocycles. The molecule has 1 amide bonds. The fraction of sp³-hybridized carbons (Fsp3) is 0.833. The van der Waals surface area contributed by atoms with Crippen LogP contribution in [0.25, 0.3) is 0 Å². The number of rotatable bonds is 2. The van der Waals surface area contributed by atoms with Gasteiger partial charge in [-0.05, 0) is 25.2 Å². The van der Waals surface area contributed by atoms with Crippen molar-refractivity contribution in [1.82, 2.24) is 10.2 Å². The van der Waals surface area contributed by atoms with Crippen LogP contribution in [-0.2, 0) is 4.79 Å². The molecule has 2 heterocycles. The molecule has 0 bridgehead atoms. The average molecular weight is 221 g/mol. The molecule has 3 atom stereocenters. The highest BCUT2D eigenvalue weighted by atomic mass is 16.1. The van der Waals surface area contributed by atoms with Crippen molar-refractivity contribution in [3.05, 3.63) is 0 Å². The van der Waals surface area contributed by atoms with Gasteiger partial charge in [-0.2, -0.15) is 5.26 Å². The minimum atomic E-state index is 0.0542. The van der Waals surface area contributed by atoms with E-state index in [1.165, 1.54) is 0 Å². The van der Waals surface area contributed by atoms with Gasteiger partial charge in [-0.25, -0.2) is 0 Å². The number of nitriles is 1. The predicted molar refractivity (Wildman–Crippen MR) is 60.5 cm³/mol. The van der Waals surface area contributed by atoms with Crippen molar-refractivity contribution < 1.29 is 4.79 Å². The molecule has 1 N–H and O–H groups in total. The normalized spacial score (nSPS) is 32.4. The third-order valence-electron chi connectivity index (χ3n) is 3.83. The van der Waals surface area contributed by atoms with Gasteiger partial charge in [-0.1, -0.05) is 6.92 Å². The maximum Gasteiger partial charge on any atom is 0.220 e. The van der Waals surface area contributed by atoms with Crippen LogP contribution in [0.5, 0.6) is 0 Å². The summed E-state index contributed by atoms with van der Waals surface area (Å²) >= 11 is 0. The van der Waals surface area contributed by atoms with Crippen LogP contribution in [-0.4, -0.2) is 36.0 Å². The van der Waals surface area contributed by atoms with Crippen molar-refractivity contribution >= 4 is 5.91 Å². The number of likely N-dealkylation sites (tertiary alicyclic amines) is 1. The van der Waals surface area contributed by atoms with E-state index in [1.807, 2.05) is 0 Å². The molecule has 0 aromatic rings. The number of piperidine rings is 2. The largest absolute Gasteiger partial charge is 0.353 e. The Morgan fingerprint density at radius 1 is 1.62 bits per heavy atom. The monoisotopic (exact) mass is 221 g/mol. The van der Waals surface area contributed by atoms with E-state index in [1.54, 1.807) is 0 Å². The quantitative estimate of drug-likeness (QED) is 0.753. The van der Waals surface area contributed by atoms with Crippen LogP contribution in [0.4, 0.5) is 0 Å². The molecule has 88 valence electrons. The number of nitrogens with zero attached hydrogens (tertiary/aromatic N) is 2. The molecule has 0 aliphatic carbocycles. The number of carbonyl (C=O) groups excluding carboxylic acids is 1. The highest BCUT2D eigenvalue weighted by Crippen LogP contribution is 2.26. The lowest BCUT2D eigenvalue weighted by Crippen LogP contribution is -2.55. The molecule has 2 aliphatic rings. The summed E-state index contributed by atoms with van der Waals surface area (Å²) < 4.78 is 0. The van der Waals surface area contributed by atoms with Gasteiger partial charge >= 0.3 is 0 Å². The van der Waals surface area contributed by atoms with Gasteiger partial charge in [0.15, 0.2) is 0 Å². The second-order valence-electron chi connectivity index (χ2n) is 4.81. The van der Waals surface area contributed by atoms with Crippen LogP contribution in [0, 0.1) is 17.2 Å². The number of hydrogen-bond acceptors (Lipinski definition) is 3. The Bertz CT molecular complexity index is 310. The summed E-state index contributed by atoms with van der Waals surface area (Å²) in [6.07, 6.45) is 3.52. The van der Waals surface area contributed by atoms with Crippen LogP contribution in [0.2, 0.25) is 0 Å². The summed E-state index contributed by atoms with van der Waals surface area (Å²) in [6.45, 7) is 3.97. The van der Waals surface area contributed by atoms with Crippen LogP contribution < -0.4 is 5.32 Å². The van der Waals surface area contributed by atoms with Gasteiger partial charge in [-0.15, -0.1) is 0 Å². The van der Waals surface area contributed by atoms with Crippen LogP contribution >= 0.6 is 0 Å². The summed E-state index contributed by atoms with van der Waals surface area (Å²) in [4.78, 5) is 13.5. The summed E-state index contributed by atoms with van der Waals surface area (Å²) in [6, 6.07) is 2.77. The molecular weight excluding hydrogens is 202 g/mol.